The van der Waals surface area contributed by atoms with E-state index < -0.39 is 6.23 Å². The Morgan fingerprint density at radius 1 is 1.69 bits per heavy atom. The first-order chi connectivity index (χ1) is 7.72. The number of amidine groups is 1. The molecule has 16 heavy (non-hydrogen) atoms. The maximum atomic E-state index is 9.41. The van der Waals surface area contributed by atoms with Crippen molar-refractivity contribution in [3.05, 3.63) is 12.3 Å². The topological polar surface area (TPSA) is 54.3 Å². The lowest BCUT2D eigenvalue weighted by Crippen LogP contribution is -2.38. The van der Waals surface area contributed by atoms with Crippen LogP contribution >= 0.6 is 0 Å². The summed E-state index contributed by atoms with van der Waals surface area (Å²) >= 11 is 0. The summed E-state index contributed by atoms with van der Waals surface area (Å²) < 4.78 is 11.7. The van der Waals surface area contributed by atoms with Gasteiger partial charge in [0.25, 0.3) is 6.02 Å². The molecule has 0 aliphatic carbocycles. The van der Waals surface area contributed by atoms with E-state index in [9.17, 15) is 5.11 Å². The molecule has 3 aliphatic rings. The summed E-state index contributed by atoms with van der Waals surface area (Å²) in [5.41, 5.74) is -0.163. The van der Waals surface area contributed by atoms with E-state index in [1.54, 1.807) is 12.3 Å². The van der Waals surface area contributed by atoms with Gasteiger partial charge in [-0.15, -0.1) is 0 Å². The number of fused-ring (bicyclic) bond motifs is 4. The molecule has 0 aromatic rings. The Morgan fingerprint density at radius 3 is 3.38 bits per heavy atom. The molecule has 2 fully saturated rings. The highest BCUT2D eigenvalue weighted by atomic mass is 16.6. The minimum absolute atomic E-state index is 0.00458. The van der Waals surface area contributed by atoms with Gasteiger partial charge in [-0.05, 0) is 25.3 Å². The molecule has 3 aliphatic heterocycles. The monoisotopic (exact) mass is 224 g/mol. The van der Waals surface area contributed by atoms with E-state index in [4.69, 9.17) is 9.47 Å². The number of hydrogen-bond acceptors (Lipinski definition) is 5. The minimum atomic E-state index is -0.791. The Hall–Kier alpha value is -1.07. The van der Waals surface area contributed by atoms with Crippen LogP contribution in [-0.4, -0.2) is 40.7 Å². The predicted molar refractivity (Wildman–Crippen MR) is 57.5 cm³/mol. The highest BCUT2D eigenvalue weighted by Gasteiger charge is 2.46. The zero-order chi connectivity index (χ0) is 11.2. The van der Waals surface area contributed by atoms with Gasteiger partial charge in [-0.2, -0.15) is 4.99 Å². The van der Waals surface area contributed by atoms with Gasteiger partial charge in [0.15, 0.2) is 6.23 Å². The van der Waals surface area contributed by atoms with Crippen molar-refractivity contribution >= 4 is 6.02 Å². The van der Waals surface area contributed by atoms with Crippen LogP contribution in [0.15, 0.2) is 17.3 Å². The number of nitrogens with zero attached hydrogens (tertiary/aromatic N) is 2. The Morgan fingerprint density at radius 2 is 2.56 bits per heavy atom. The second-order valence-electron chi connectivity index (χ2n) is 4.51. The predicted octanol–water partition coefficient (Wildman–Crippen LogP) is 0.806. The SMILES string of the molecule is CC[C@@]12CC[C@@H](O1)N1C=CC(O)N=C1OC2. The third-order valence-corrected chi connectivity index (χ3v) is 3.53. The van der Waals surface area contributed by atoms with Gasteiger partial charge >= 0.3 is 0 Å². The van der Waals surface area contributed by atoms with Crippen molar-refractivity contribution in [1.29, 1.82) is 0 Å². The summed E-state index contributed by atoms with van der Waals surface area (Å²) in [6.07, 6.45) is 5.59. The summed E-state index contributed by atoms with van der Waals surface area (Å²) in [5.74, 6) is 0. The summed E-state index contributed by atoms with van der Waals surface area (Å²) in [6, 6.07) is 0.482. The Kier molecular flexibility index (Phi) is 2.19. The second kappa shape index (κ2) is 3.46. The molecule has 2 saturated heterocycles. The first kappa shape index (κ1) is 10.1. The third-order valence-electron chi connectivity index (χ3n) is 3.53. The number of aliphatic imine (C=N–C) groups is 1. The molecule has 0 aromatic carbocycles. The number of aliphatic hydroxyl groups is 1. The van der Waals surface area contributed by atoms with E-state index >= 15 is 0 Å². The van der Waals surface area contributed by atoms with E-state index in [0.29, 0.717) is 12.6 Å². The van der Waals surface area contributed by atoms with Crippen LogP contribution in [-0.2, 0) is 9.47 Å². The first-order valence-electron chi connectivity index (χ1n) is 5.76. The van der Waals surface area contributed by atoms with Gasteiger partial charge in [-0.1, -0.05) is 6.92 Å². The molecule has 5 nitrogen and oxygen atoms in total. The van der Waals surface area contributed by atoms with Gasteiger partial charge in [-0.25, -0.2) is 0 Å². The van der Waals surface area contributed by atoms with E-state index in [1.807, 2.05) is 4.90 Å². The van der Waals surface area contributed by atoms with Crippen molar-refractivity contribution in [2.45, 2.75) is 44.2 Å². The minimum Gasteiger partial charge on any atom is -0.462 e. The van der Waals surface area contributed by atoms with Crippen molar-refractivity contribution in [1.82, 2.24) is 4.90 Å². The molecular weight excluding hydrogens is 208 g/mol. The Balaban J connectivity index is 1.90. The van der Waals surface area contributed by atoms with Crippen LogP contribution in [0.1, 0.15) is 26.2 Å². The lowest BCUT2D eigenvalue weighted by molar-refractivity contribution is -0.0774. The maximum absolute atomic E-state index is 9.41. The zero-order valence-corrected chi connectivity index (χ0v) is 9.30. The van der Waals surface area contributed by atoms with Gasteiger partial charge in [0.1, 0.15) is 18.4 Å². The van der Waals surface area contributed by atoms with Gasteiger partial charge in [0.2, 0.25) is 0 Å². The smallest absolute Gasteiger partial charge is 0.296 e. The standard InChI is InChI=1S/C11H16N2O3/c1-2-11-5-3-9(16-11)13-6-4-8(14)12-10(13)15-7-11/h4,6,8-9,14H,2-3,5,7H2,1H3/t8?,9-,11+/m1/s1. The molecule has 1 unspecified atom stereocenters. The number of ether oxygens (including phenoxy) is 2. The van der Waals surface area contributed by atoms with Crippen molar-refractivity contribution in [2.75, 3.05) is 6.61 Å². The fraction of sp³-hybridized carbons (Fsp3) is 0.727. The Bertz CT molecular complexity index is 355. The van der Waals surface area contributed by atoms with Gasteiger partial charge in [0, 0.05) is 6.20 Å². The molecule has 3 atom stereocenters. The van der Waals surface area contributed by atoms with Gasteiger partial charge in [0.05, 0.1) is 0 Å². The summed E-state index contributed by atoms with van der Waals surface area (Å²) in [4.78, 5) is 5.93. The largest absolute Gasteiger partial charge is 0.462 e. The van der Waals surface area contributed by atoms with E-state index in [-0.39, 0.29) is 11.8 Å². The third kappa shape index (κ3) is 1.43. The molecule has 2 bridgehead atoms. The average Bonchev–Trinajstić information content (AvgIpc) is 2.64. The molecule has 0 aromatic heterocycles. The van der Waals surface area contributed by atoms with Crippen LogP contribution in [0.3, 0.4) is 0 Å². The molecule has 3 rings (SSSR count). The maximum Gasteiger partial charge on any atom is 0.296 e. The van der Waals surface area contributed by atoms with Crippen molar-refractivity contribution in [3.63, 3.8) is 0 Å². The average molecular weight is 224 g/mol. The van der Waals surface area contributed by atoms with Crippen LogP contribution in [0, 0.1) is 0 Å². The molecule has 0 amide bonds. The van der Waals surface area contributed by atoms with E-state index in [2.05, 4.69) is 11.9 Å². The fourth-order valence-electron chi connectivity index (χ4n) is 2.44. The Labute approximate surface area is 94.4 Å². The number of hydrogen-bond donors (Lipinski definition) is 1. The quantitative estimate of drug-likeness (QED) is 0.716. The zero-order valence-electron chi connectivity index (χ0n) is 9.30. The summed E-state index contributed by atoms with van der Waals surface area (Å²) in [5, 5.41) is 9.41. The van der Waals surface area contributed by atoms with Crippen LogP contribution in [0.4, 0.5) is 0 Å². The molecular formula is C11H16N2O3. The van der Waals surface area contributed by atoms with Crippen LogP contribution in [0.2, 0.25) is 0 Å². The van der Waals surface area contributed by atoms with E-state index in [1.165, 1.54) is 0 Å². The van der Waals surface area contributed by atoms with E-state index in [0.717, 1.165) is 19.3 Å². The first-order valence-corrected chi connectivity index (χ1v) is 5.76. The molecule has 1 N–H and O–H groups in total. The number of rotatable bonds is 1. The highest BCUT2D eigenvalue weighted by Crippen LogP contribution is 2.38. The molecule has 5 heteroatoms. The molecule has 0 spiro atoms. The lowest BCUT2D eigenvalue weighted by Gasteiger charge is -2.27. The molecule has 3 heterocycles. The van der Waals surface area contributed by atoms with Crippen molar-refractivity contribution < 1.29 is 14.6 Å². The lowest BCUT2D eigenvalue weighted by atomic mass is 9.98. The number of aliphatic hydroxyl groups excluding tert-OH is 1. The van der Waals surface area contributed by atoms with Crippen LogP contribution in [0.25, 0.3) is 0 Å². The van der Waals surface area contributed by atoms with Gasteiger partial charge in [-0.3, -0.25) is 4.90 Å². The van der Waals surface area contributed by atoms with Crippen molar-refractivity contribution in [3.8, 4) is 0 Å². The second-order valence-corrected chi connectivity index (χ2v) is 4.51. The summed E-state index contributed by atoms with van der Waals surface area (Å²) in [6.45, 7) is 2.64. The fourth-order valence-corrected chi connectivity index (χ4v) is 2.44. The van der Waals surface area contributed by atoms with Crippen LogP contribution < -0.4 is 0 Å². The molecule has 88 valence electrons. The molecule has 0 radical (unpaired) electrons. The van der Waals surface area contributed by atoms with Gasteiger partial charge < -0.3 is 14.6 Å². The molecule has 0 saturated carbocycles. The van der Waals surface area contributed by atoms with Crippen LogP contribution in [0.5, 0.6) is 0 Å². The summed E-state index contributed by atoms with van der Waals surface area (Å²) in [7, 11) is 0. The normalized spacial score (nSPS) is 41.1. The van der Waals surface area contributed by atoms with Crippen molar-refractivity contribution in [2.24, 2.45) is 4.99 Å². The highest BCUT2D eigenvalue weighted by molar-refractivity contribution is 5.76.